The first-order valence-corrected chi connectivity index (χ1v) is 11.8. The number of ether oxygens (including phenoxy) is 2. The normalized spacial score (nSPS) is 19.2. The van der Waals surface area contributed by atoms with Crippen LogP contribution in [0.5, 0.6) is 5.75 Å². The number of nitriles is 1. The van der Waals surface area contributed by atoms with Gasteiger partial charge in [0.05, 0.1) is 18.2 Å². The molecule has 0 atom stereocenters. The predicted molar refractivity (Wildman–Crippen MR) is 125 cm³/mol. The SMILES string of the molecule is COc1ccc(C(F)(F)F)cc1C(=NC#N)N=c1sc(C(C)(C)C)cn1CC1CC(OC(C)=O)C1. The van der Waals surface area contributed by atoms with Crippen LogP contribution in [0.25, 0.3) is 0 Å². The van der Waals surface area contributed by atoms with Gasteiger partial charge in [-0.15, -0.1) is 11.3 Å². The largest absolute Gasteiger partial charge is 0.496 e. The molecule has 35 heavy (non-hydrogen) atoms. The summed E-state index contributed by atoms with van der Waals surface area (Å²) in [6, 6.07) is 2.98. The third-order valence-corrected chi connectivity index (χ3v) is 7.01. The third kappa shape index (κ3) is 6.51. The highest BCUT2D eigenvalue weighted by Gasteiger charge is 2.33. The average Bonchev–Trinajstić information content (AvgIpc) is 3.13. The standard InChI is InChI=1S/C24H27F3N4O3S/c1-14(32)34-17-8-15(9-17)11-31-12-20(23(2,3)4)35-22(31)30-21(29-13-28)18-10-16(24(25,26)27)6-7-19(18)33-5/h6-7,10,12,15,17H,8-9,11H2,1-5H3. The van der Waals surface area contributed by atoms with Crippen LogP contribution in [0.3, 0.4) is 0 Å². The second kappa shape index (κ2) is 10.2. The Balaban J connectivity index is 2.06. The van der Waals surface area contributed by atoms with Gasteiger partial charge < -0.3 is 14.0 Å². The van der Waals surface area contributed by atoms with Crippen molar-refractivity contribution in [1.29, 1.82) is 5.26 Å². The molecule has 0 radical (unpaired) electrons. The molecule has 1 fully saturated rings. The molecular weight excluding hydrogens is 481 g/mol. The molecule has 1 saturated carbocycles. The van der Waals surface area contributed by atoms with Crippen molar-refractivity contribution in [2.24, 2.45) is 15.9 Å². The Hall–Kier alpha value is -3.13. The molecule has 1 aliphatic carbocycles. The average molecular weight is 509 g/mol. The number of hydrogen-bond acceptors (Lipinski definition) is 6. The molecule has 1 aromatic heterocycles. The van der Waals surface area contributed by atoms with E-state index in [1.807, 2.05) is 31.5 Å². The fraction of sp³-hybridized carbons (Fsp3) is 0.500. The predicted octanol–water partition coefficient (Wildman–Crippen LogP) is 5.04. The van der Waals surface area contributed by atoms with Gasteiger partial charge in [0.1, 0.15) is 11.9 Å². The number of rotatable bonds is 5. The summed E-state index contributed by atoms with van der Waals surface area (Å²) in [7, 11) is 1.33. The van der Waals surface area contributed by atoms with Crippen molar-refractivity contribution >= 4 is 23.1 Å². The lowest BCUT2D eigenvalue weighted by atomic mass is 9.82. The molecule has 1 heterocycles. The lowest BCUT2D eigenvalue weighted by Crippen LogP contribution is -2.36. The number of aromatic nitrogens is 1. The monoisotopic (exact) mass is 508 g/mol. The van der Waals surface area contributed by atoms with Crippen LogP contribution in [0.1, 0.15) is 56.5 Å². The van der Waals surface area contributed by atoms with E-state index in [9.17, 15) is 23.2 Å². The van der Waals surface area contributed by atoms with Gasteiger partial charge in [-0.25, -0.2) is 0 Å². The second-order valence-corrected chi connectivity index (χ2v) is 10.4. The van der Waals surface area contributed by atoms with Gasteiger partial charge in [0.25, 0.3) is 0 Å². The van der Waals surface area contributed by atoms with Gasteiger partial charge in [0.15, 0.2) is 10.6 Å². The van der Waals surface area contributed by atoms with E-state index in [2.05, 4.69) is 9.98 Å². The first-order chi connectivity index (χ1) is 16.3. The number of nitrogens with zero attached hydrogens (tertiary/aromatic N) is 4. The maximum absolute atomic E-state index is 13.4. The summed E-state index contributed by atoms with van der Waals surface area (Å²) in [6.45, 7) is 8.11. The lowest BCUT2D eigenvalue weighted by Gasteiger charge is -2.34. The van der Waals surface area contributed by atoms with E-state index in [0.29, 0.717) is 24.2 Å². The van der Waals surface area contributed by atoms with Crippen molar-refractivity contribution in [2.75, 3.05) is 7.11 Å². The molecule has 0 saturated heterocycles. The van der Waals surface area contributed by atoms with Crippen LogP contribution in [-0.2, 0) is 27.7 Å². The van der Waals surface area contributed by atoms with Crippen molar-refractivity contribution < 1.29 is 27.4 Å². The van der Waals surface area contributed by atoms with Gasteiger partial charge in [0, 0.05) is 24.5 Å². The Morgan fingerprint density at radius 3 is 2.51 bits per heavy atom. The smallest absolute Gasteiger partial charge is 0.416 e. The van der Waals surface area contributed by atoms with Crippen molar-refractivity contribution in [2.45, 2.75) is 64.8 Å². The Labute approximate surface area is 205 Å². The van der Waals surface area contributed by atoms with Gasteiger partial charge in [-0.2, -0.15) is 28.4 Å². The van der Waals surface area contributed by atoms with Gasteiger partial charge in [0.2, 0.25) is 6.19 Å². The van der Waals surface area contributed by atoms with Crippen molar-refractivity contribution in [3.05, 3.63) is 45.2 Å². The first-order valence-electron chi connectivity index (χ1n) is 11.0. The Morgan fingerprint density at radius 2 is 1.97 bits per heavy atom. The van der Waals surface area contributed by atoms with Crippen molar-refractivity contribution in [3.63, 3.8) is 0 Å². The molecule has 11 heteroatoms. The number of carbonyl (C=O) groups is 1. The molecule has 1 aromatic carbocycles. The topological polar surface area (TPSA) is 89.0 Å². The summed E-state index contributed by atoms with van der Waals surface area (Å²) in [4.78, 5) is 21.0. The van der Waals surface area contributed by atoms with Gasteiger partial charge in [-0.1, -0.05) is 20.8 Å². The van der Waals surface area contributed by atoms with E-state index >= 15 is 0 Å². The number of methoxy groups -OCH3 is 1. The molecule has 0 N–H and O–H groups in total. The maximum Gasteiger partial charge on any atom is 0.416 e. The summed E-state index contributed by atoms with van der Waals surface area (Å²) in [5.74, 6) is -0.106. The van der Waals surface area contributed by atoms with Crippen LogP contribution in [0.15, 0.2) is 34.4 Å². The zero-order chi connectivity index (χ0) is 26.0. The third-order valence-electron chi connectivity index (χ3n) is 5.56. The van der Waals surface area contributed by atoms with Crippen molar-refractivity contribution in [3.8, 4) is 11.9 Å². The van der Waals surface area contributed by atoms with Crippen molar-refractivity contribution in [1.82, 2.24) is 4.57 Å². The molecule has 188 valence electrons. The quantitative estimate of drug-likeness (QED) is 0.245. The molecular formula is C24H27F3N4O3S. The molecule has 1 aliphatic rings. The van der Waals surface area contributed by atoms with Gasteiger partial charge in [-0.3, -0.25) is 4.79 Å². The van der Waals surface area contributed by atoms with E-state index in [0.717, 1.165) is 17.0 Å². The zero-order valence-corrected chi connectivity index (χ0v) is 21.0. The van der Waals surface area contributed by atoms with Crippen LogP contribution in [0.4, 0.5) is 13.2 Å². The van der Waals surface area contributed by atoms with Gasteiger partial charge >= 0.3 is 12.1 Å². The van der Waals surface area contributed by atoms with E-state index in [4.69, 9.17) is 9.47 Å². The number of aliphatic imine (C=N–C) groups is 1. The lowest BCUT2D eigenvalue weighted by molar-refractivity contribution is -0.153. The minimum atomic E-state index is -4.58. The highest BCUT2D eigenvalue weighted by molar-refractivity contribution is 7.09. The molecule has 0 amide bonds. The number of hydrogen-bond donors (Lipinski definition) is 0. The number of benzene rings is 1. The molecule has 0 aliphatic heterocycles. The number of carbonyl (C=O) groups excluding carboxylic acids is 1. The molecule has 2 aromatic rings. The number of thiazole rings is 1. The van der Waals surface area contributed by atoms with E-state index in [1.54, 1.807) is 6.19 Å². The summed E-state index contributed by atoms with van der Waals surface area (Å²) in [6.07, 6.45) is 0.357. The maximum atomic E-state index is 13.4. The number of halogens is 3. The van der Waals surface area contributed by atoms with E-state index < -0.39 is 11.7 Å². The Kier molecular flexibility index (Phi) is 7.74. The highest BCUT2D eigenvalue weighted by Crippen LogP contribution is 2.34. The van der Waals surface area contributed by atoms with E-state index in [-0.39, 0.29) is 40.6 Å². The van der Waals surface area contributed by atoms with Crippen LogP contribution in [0.2, 0.25) is 0 Å². The summed E-state index contributed by atoms with van der Waals surface area (Å²) < 4.78 is 52.5. The minimum Gasteiger partial charge on any atom is -0.496 e. The minimum absolute atomic E-state index is 0.0281. The zero-order valence-electron chi connectivity index (χ0n) is 20.1. The van der Waals surface area contributed by atoms with E-state index in [1.165, 1.54) is 31.4 Å². The molecule has 0 spiro atoms. The number of amidine groups is 1. The molecule has 0 bridgehead atoms. The summed E-state index contributed by atoms with van der Waals surface area (Å²) in [5.41, 5.74) is -1.12. The number of alkyl halides is 3. The molecule has 7 nitrogen and oxygen atoms in total. The van der Waals surface area contributed by atoms with Gasteiger partial charge in [-0.05, 0) is 42.4 Å². The van der Waals surface area contributed by atoms with Crippen LogP contribution < -0.4 is 9.54 Å². The van der Waals surface area contributed by atoms with Crippen LogP contribution >= 0.6 is 11.3 Å². The fourth-order valence-electron chi connectivity index (χ4n) is 3.72. The molecule has 0 unspecified atom stereocenters. The number of esters is 1. The first kappa shape index (κ1) is 26.5. The summed E-state index contributed by atoms with van der Waals surface area (Å²) in [5, 5.41) is 9.26. The van der Waals surface area contributed by atoms with Crippen LogP contribution in [0, 0.1) is 17.4 Å². The fourth-order valence-corrected chi connectivity index (χ4v) is 4.78. The highest BCUT2D eigenvalue weighted by atomic mass is 32.1. The Morgan fingerprint density at radius 1 is 1.29 bits per heavy atom. The van der Waals surface area contributed by atoms with Crippen LogP contribution in [-0.4, -0.2) is 29.6 Å². The summed E-state index contributed by atoms with van der Waals surface area (Å²) >= 11 is 1.38. The second-order valence-electron chi connectivity index (χ2n) is 9.41. The Bertz CT molecular complexity index is 1230. The molecule has 3 rings (SSSR count).